The van der Waals surface area contributed by atoms with E-state index in [0.29, 0.717) is 18.8 Å². The van der Waals surface area contributed by atoms with Crippen molar-refractivity contribution in [3.8, 4) is 17.1 Å². The first-order valence-corrected chi connectivity index (χ1v) is 10.4. The molecule has 1 N–H and O–H groups in total. The molecule has 30 heavy (non-hydrogen) atoms. The maximum Gasteiger partial charge on any atom is 0.227 e. The predicted octanol–water partition coefficient (Wildman–Crippen LogP) is 3.21. The first-order chi connectivity index (χ1) is 14.7. The van der Waals surface area contributed by atoms with Crippen LogP contribution in [-0.2, 0) is 11.2 Å². The number of H-pyrrole nitrogens is 1. The van der Waals surface area contributed by atoms with Gasteiger partial charge in [0.1, 0.15) is 11.6 Å². The summed E-state index contributed by atoms with van der Waals surface area (Å²) in [5.74, 6) is 2.70. The van der Waals surface area contributed by atoms with Gasteiger partial charge in [-0.3, -0.25) is 14.9 Å². The summed E-state index contributed by atoms with van der Waals surface area (Å²) >= 11 is 0. The van der Waals surface area contributed by atoms with Crippen molar-refractivity contribution in [1.82, 2.24) is 25.1 Å². The van der Waals surface area contributed by atoms with Crippen molar-refractivity contribution < 1.29 is 9.53 Å². The molecular weight excluding hydrogens is 378 g/mol. The topological polar surface area (TPSA) is 84.0 Å². The van der Waals surface area contributed by atoms with Gasteiger partial charge in [-0.1, -0.05) is 18.6 Å². The fourth-order valence-electron chi connectivity index (χ4n) is 4.80. The molecule has 1 spiro atoms. The Labute approximate surface area is 175 Å². The zero-order valence-electron chi connectivity index (χ0n) is 17.0. The minimum Gasteiger partial charge on any atom is -0.497 e. The zero-order chi connectivity index (χ0) is 20.6. The fourth-order valence-corrected chi connectivity index (χ4v) is 4.80. The fraction of sp³-hybridized carbons (Fsp3) is 0.391. The number of aromatic nitrogens is 4. The Kier molecular flexibility index (Phi) is 4.73. The second kappa shape index (κ2) is 7.55. The molecular formula is C23H25N5O2. The molecule has 0 radical (unpaired) electrons. The van der Waals surface area contributed by atoms with Crippen LogP contribution in [0.1, 0.15) is 36.6 Å². The molecule has 3 heterocycles. The summed E-state index contributed by atoms with van der Waals surface area (Å²) in [6, 6.07) is 11.5. The van der Waals surface area contributed by atoms with E-state index in [-0.39, 0.29) is 17.2 Å². The maximum absolute atomic E-state index is 13.1. The van der Waals surface area contributed by atoms with E-state index in [1.54, 1.807) is 19.5 Å². The summed E-state index contributed by atoms with van der Waals surface area (Å²) < 4.78 is 5.29. The number of nitrogens with one attached hydrogen (secondary N) is 1. The zero-order valence-corrected chi connectivity index (χ0v) is 17.0. The van der Waals surface area contributed by atoms with Crippen molar-refractivity contribution in [2.75, 3.05) is 20.2 Å². The van der Waals surface area contributed by atoms with Crippen molar-refractivity contribution in [1.29, 1.82) is 0 Å². The molecule has 7 heteroatoms. The first kappa shape index (κ1) is 18.8. The van der Waals surface area contributed by atoms with Crippen LogP contribution >= 0.6 is 0 Å². The van der Waals surface area contributed by atoms with E-state index in [9.17, 15) is 4.79 Å². The number of carbonyl (C=O) groups is 1. The monoisotopic (exact) mass is 403 g/mol. The SMILES string of the molecule is COc1cccc(CC(=O)N2CC(c3nc(-c4ccncc4)n[nH]3)C3(CCC3)C2)c1. The molecule has 2 aliphatic rings. The Hall–Kier alpha value is -3.22. The average Bonchev–Trinajstić information content (AvgIpc) is 3.39. The Balaban J connectivity index is 1.34. The van der Waals surface area contributed by atoms with E-state index in [0.717, 1.165) is 42.1 Å². The van der Waals surface area contributed by atoms with Crippen LogP contribution in [0, 0.1) is 5.41 Å². The molecule has 1 amide bonds. The van der Waals surface area contributed by atoms with Crippen molar-refractivity contribution in [2.24, 2.45) is 5.41 Å². The molecule has 1 atom stereocenters. The third kappa shape index (κ3) is 3.34. The molecule has 3 aromatic rings. The Bertz CT molecular complexity index is 1040. The number of ether oxygens (including phenoxy) is 1. The number of amides is 1. The van der Waals surface area contributed by atoms with E-state index in [1.165, 1.54) is 6.42 Å². The summed E-state index contributed by atoms with van der Waals surface area (Å²) in [6.45, 7) is 1.49. The molecule has 2 aromatic heterocycles. The lowest BCUT2D eigenvalue weighted by atomic mass is 9.62. The third-order valence-corrected chi connectivity index (χ3v) is 6.61. The largest absolute Gasteiger partial charge is 0.497 e. The van der Waals surface area contributed by atoms with Crippen LogP contribution in [0.4, 0.5) is 0 Å². The molecule has 7 nitrogen and oxygen atoms in total. The minimum absolute atomic E-state index is 0.124. The number of nitrogens with zero attached hydrogens (tertiary/aromatic N) is 4. The van der Waals surface area contributed by atoms with E-state index in [4.69, 9.17) is 9.72 Å². The normalized spacial score (nSPS) is 19.6. The summed E-state index contributed by atoms with van der Waals surface area (Å²) in [6.07, 6.45) is 7.34. The lowest BCUT2D eigenvalue weighted by molar-refractivity contribution is -0.130. The van der Waals surface area contributed by atoms with Gasteiger partial charge in [0.05, 0.1) is 13.5 Å². The summed E-state index contributed by atoms with van der Waals surface area (Å²) in [4.78, 5) is 23.9. The smallest absolute Gasteiger partial charge is 0.227 e. The molecule has 1 saturated heterocycles. The first-order valence-electron chi connectivity index (χ1n) is 10.4. The molecule has 5 rings (SSSR count). The maximum atomic E-state index is 13.1. The van der Waals surface area contributed by atoms with Crippen molar-refractivity contribution in [2.45, 2.75) is 31.6 Å². The third-order valence-electron chi connectivity index (χ3n) is 6.61. The van der Waals surface area contributed by atoms with Gasteiger partial charge in [0, 0.05) is 37.0 Å². The van der Waals surface area contributed by atoms with Crippen LogP contribution in [0.5, 0.6) is 5.75 Å². The molecule has 1 aliphatic heterocycles. The number of aromatic amines is 1. The van der Waals surface area contributed by atoms with E-state index in [1.807, 2.05) is 41.3 Å². The van der Waals surface area contributed by atoms with Gasteiger partial charge in [-0.25, -0.2) is 4.98 Å². The van der Waals surface area contributed by atoms with Gasteiger partial charge < -0.3 is 9.64 Å². The number of methoxy groups -OCH3 is 1. The van der Waals surface area contributed by atoms with Gasteiger partial charge in [-0.15, -0.1) is 0 Å². The second-order valence-electron chi connectivity index (χ2n) is 8.35. The number of likely N-dealkylation sites (tertiary alicyclic amines) is 1. The van der Waals surface area contributed by atoms with Crippen molar-refractivity contribution in [3.05, 3.63) is 60.2 Å². The highest BCUT2D eigenvalue weighted by atomic mass is 16.5. The van der Waals surface area contributed by atoms with Crippen molar-refractivity contribution >= 4 is 5.91 Å². The molecule has 1 saturated carbocycles. The van der Waals surface area contributed by atoms with E-state index < -0.39 is 0 Å². The molecule has 1 aromatic carbocycles. The van der Waals surface area contributed by atoms with E-state index in [2.05, 4.69) is 15.2 Å². The molecule has 1 unspecified atom stereocenters. The Morgan fingerprint density at radius 2 is 2.10 bits per heavy atom. The highest BCUT2D eigenvalue weighted by molar-refractivity contribution is 5.79. The Morgan fingerprint density at radius 1 is 1.27 bits per heavy atom. The van der Waals surface area contributed by atoms with Gasteiger partial charge >= 0.3 is 0 Å². The highest BCUT2D eigenvalue weighted by Crippen LogP contribution is 2.55. The Morgan fingerprint density at radius 3 is 2.83 bits per heavy atom. The molecule has 2 fully saturated rings. The predicted molar refractivity (Wildman–Crippen MR) is 112 cm³/mol. The quantitative estimate of drug-likeness (QED) is 0.707. The number of benzene rings is 1. The lowest BCUT2D eigenvalue weighted by Gasteiger charge is -2.41. The number of hydrogen-bond acceptors (Lipinski definition) is 5. The van der Waals surface area contributed by atoms with Crippen LogP contribution in [-0.4, -0.2) is 51.2 Å². The van der Waals surface area contributed by atoms with Gasteiger partial charge in [0.25, 0.3) is 0 Å². The van der Waals surface area contributed by atoms with Crippen LogP contribution in [0.15, 0.2) is 48.8 Å². The van der Waals surface area contributed by atoms with Gasteiger partial charge in [0.2, 0.25) is 5.91 Å². The minimum atomic E-state index is 0.124. The summed E-state index contributed by atoms with van der Waals surface area (Å²) in [7, 11) is 1.64. The number of pyridine rings is 1. The lowest BCUT2D eigenvalue weighted by Crippen LogP contribution is -2.38. The van der Waals surface area contributed by atoms with Crippen LogP contribution in [0.2, 0.25) is 0 Å². The van der Waals surface area contributed by atoms with Gasteiger partial charge in [0.15, 0.2) is 5.82 Å². The van der Waals surface area contributed by atoms with E-state index >= 15 is 0 Å². The van der Waals surface area contributed by atoms with Gasteiger partial charge in [-0.05, 0) is 48.1 Å². The standard InChI is InChI=1S/C23H25N5O2/c1-30-18-5-2-4-16(12-18)13-20(29)28-14-19(23(15-28)8-3-9-23)22-25-21(26-27-22)17-6-10-24-11-7-17/h2,4-7,10-12,19H,3,8-9,13-15H2,1H3,(H,25,26,27). The summed E-state index contributed by atoms with van der Waals surface area (Å²) in [5, 5.41) is 7.59. The average molecular weight is 403 g/mol. The second-order valence-corrected chi connectivity index (χ2v) is 8.35. The molecule has 154 valence electrons. The number of carbonyl (C=O) groups excluding carboxylic acids is 1. The van der Waals surface area contributed by atoms with Crippen LogP contribution < -0.4 is 4.74 Å². The molecule has 1 aliphatic carbocycles. The number of rotatable bonds is 5. The van der Waals surface area contributed by atoms with Gasteiger partial charge in [-0.2, -0.15) is 5.10 Å². The summed E-state index contributed by atoms with van der Waals surface area (Å²) in [5.41, 5.74) is 2.04. The number of hydrogen-bond donors (Lipinski definition) is 1. The van der Waals surface area contributed by atoms with Crippen LogP contribution in [0.3, 0.4) is 0 Å². The van der Waals surface area contributed by atoms with Crippen molar-refractivity contribution in [3.63, 3.8) is 0 Å². The van der Waals surface area contributed by atoms with Crippen LogP contribution in [0.25, 0.3) is 11.4 Å². The highest BCUT2D eigenvalue weighted by Gasteiger charge is 2.53. The molecule has 0 bridgehead atoms.